The van der Waals surface area contributed by atoms with E-state index >= 15 is 0 Å². The van der Waals surface area contributed by atoms with E-state index in [4.69, 9.17) is 0 Å². The summed E-state index contributed by atoms with van der Waals surface area (Å²) in [4.78, 5) is 18.4. The van der Waals surface area contributed by atoms with E-state index in [2.05, 4.69) is 48.1 Å². The van der Waals surface area contributed by atoms with Gasteiger partial charge in [0.05, 0.1) is 0 Å². The van der Waals surface area contributed by atoms with Crippen molar-refractivity contribution in [1.29, 1.82) is 0 Å². The highest BCUT2D eigenvalue weighted by Crippen LogP contribution is 2.29. The van der Waals surface area contributed by atoms with Gasteiger partial charge in [-0.15, -0.1) is 0 Å². The number of aromatic amines is 1. The van der Waals surface area contributed by atoms with E-state index in [9.17, 15) is 4.79 Å². The molecule has 0 radical (unpaired) electrons. The van der Waals surface area contributed by atoms with Gasteiger partial charge >= 0.3 is 0 Å². The predicted octanol–water partition coefficient (Wildman–Crippen LogP) is 3.51. The van der Waals surface area contributed by atoms with Gasteiger partial charge in [0.15, 0.2) is 0 Å². The molecular weight excluding hydrogens is 298 g/mol. The average molecular weight is 327 g/mol. The second kappa shape index (κ2) is 7.39. The number of fused-ring (bicyclic) bond motifs is 3. The third kappa shape index (κ3) is 3.34. The standard InChI is InChI=1S/C20H29N3O/c1-4-23(5-2)14(3)13-21-20(24)15-10-11-19-17(12-15)16-8-6-7-9-18(16)22-19/h10-12,14,22H,4-9,13H2,1-3H3,(H,21,24). The van der Waals surface area contributed by atoms with Gasteiger partial charge in [-0.1, -0.05) is 13.8 Å². The Morgan fingerprint density at radius 1 is 1.25 bits per heavy atom. The lowest BCUT2D eigenvalue weighted by molar-refractivity contribution is 0.0938. The van der Waals surface area contributed by atoms with Crippen LogP contribution < -0.4 is 5.32 Å². The first-order valence-corrected chi connectivity index (χ1v) is 9.29. The first-order chi connectivity index (χ1) is 11.6. The molecule has 1 heterocycles. The first-order valence-electron chi connectivity index (χ1n) is 9.29. The summed E-state index contributed by atoms with van der Waals surface area (Å²) in [6.07, 6.45) is 4.76. The lowest BCUT2D eigenvalue weighted by atomic mass is 9.95. The summed E-state index contributed by atoms with van der Waals surface area (Å²) in [5.74, 6) is 0.0293. The largest absolute Gasteiger partial charge is 0.358 e. The molecule has 0 saturated carbocycles. The van der Waals surface area contributed by atoms with Crippen LogP contribution in [0.2, 0.25) is 0 Å². The molecule has 1 atom stereocenters. The van der Waals surface area contributed by atoms with Crippen molar-refractivity contribution in [1.82, 2.24) is 15.2 Å². The van der Waals surface area contributed by atoms with Gasteiger partial charge in [0.2, 0.25) is 0 Å². The number of carbonyl (C=O) groups is 1. The van der Waals surface area contributed by atoms with Crippen LogP contribution >= 0.6 is 0 Å². The van der Waals surface area contributed by atoms with Crippen molar-refractivity contribution < 1.29 is 4.79 Å². The van der Waals surface area contributed by atoms with Crippen LogP contribution in [0, 0.1) is 0 Å². The molecule has 0 aliphatic heterocycles. The van der Waals surface area contributed by atoms with Gasteiger partial charge in [0.25, 0.3) is 5.91 Å². The maximum atomic E-state index is 12.5. The second-order valence-corrected chi connectivity index (χ2v) is 6.83. The molecule has 0 spiro atoms. The Hall–Kier alpha value is -1.81. The van der Waals surface area contributed by atoms with Crippen LogP contribution in [0.5, 0.6) is 0 Å². The zero-order valence-electron chi connectivity index (χ0n) is 15.1. The maximum absolute atomic E-state index is 12.5. The number of rotatable bonds is 6. The Bertz CT molecular complexity index is 715. The monoisotopic (exact) mass is 327 g/mol. The van der Waals surface area contributed by atoms with Gasteiger partial charge in [-0.25, -0.2) is 0 Å². The van der Waals surface area contributed by atoms with E-state index in [-0.39, 0.29) is 5.91 Å². The molecule has 4 heteroatoms. The number of hydrogen-bond donors (Lipinski definition) is 2. The van der Waals surface area contributed by atoms with E-state index in [1.165, 1.54) is 29.5 Å². The number of benzene rings is 1. The van der Waals surface area contributed by atoms with Gasteiger partial charge < -0.3 is 10.3 Å². The molecule has 24 heavy (non-hydrogen) atoms. The highest BCUT2D eigenvalue weighted by atomic mass is 16.1. The fraction of sp³-hybridized carbons (Fsp3) is 0.550. The van der Waals surface area contributed by atoms with Gasteiger partial charge in [-0.2, -0.15) is 0 Å². The maximum Gasteiger partial charge on any atom is 0.251 e. The summed E-state index contributed by atoms with van der Waals surface area (Å²) in [5, 5.41) is 4.32. The van der Waals surface area contributed by atoms with Crippen LogP contribution in [0.3, 0.4) is 0 Å². The van der Waals surface area contributed by atoms with Crippen LogP contribution in [-0.2, 0) is 12.8 Å². The SMILES string of the molecule is CCN(CC)C(C)CNC(=O)c1ccc2[nH]c3c(c2c1)CCCC3. The topological polar surface area (TPSA) is 48.1 Å². The predicted molar refractivity (Wildman–Crippen MR) is 99.7 cm³/mol. The van der Waals surface area contributed by atoms with Gasteiger partial charge in [-0.3, -0.25) is 9.69 Å². The zero-order chi connectivity index (χ0) is 17.1. The number of aromatic nitrogens is 1. The van der Waals surface area contributed by atoms with E-state index in [0.717, 1.165) is 37.0 Å². The number of H-pyrrole nitrogens is 1. The molecular formula is C20H29N3O. The highest BCUT2D eigenvalue weighted by molar-refractivity contribution is 5.99. The van der Waals surface area contributed by atoms with Crippen molar-refractivity contribution in [2.24, 2.45) is 0 Å². The average Bonchev–Trinajstić information content (AvgIpc) is 2.98. The number of hydrogen-bond acceptors (Lipinski definition) is 2. The van der Waals surface area contributed by atoms with Crippen molar-refractivity contribution in [2.75, 3.05) is 19.6 Å². The molecule has 3 rings (SSSR count). The molecule has 1 unspecified atom stereocenters. The van der Waals surface area contributed by atoms with Crippen molar-refractivity contribution >= 4 is 16.8 Å². The fourth-order valence-electron chi connectivity index (χ4n) is 3.87. The number of likely N-dealkylation sites (N-methyl/N-ethyl adjacent to an activating group) is 1. The zero-order valence-corrected chi connectivity index (χ0v) is 15.1. The molecule has 4 nitrogen and oxygen atoms in total. The van der Waals surface area contributed by atoms with E-state index in [1.54, 1.807) is 0 Å². The number of carbonyl (C=O) groups excluding carboxylic acids is 1. The minimum Gasteiger partial charge on any atom is -0.358 e. The molecule has 1 aliphatic rings. The van der Waals surface area contributed by atoms with Gasteiger partial charge in [0.1, 0.15) is 0 Å². The lowest BCUT2D eigenvalue weighted by Crippen LogP contribution is -2.42. The second-order valence-electron chi connectivity index (χ2n) is 6.83. The molecule has 0 saturated heterocycles. The Balaban J connectivity index is 1.73. The Morgan fingerprint density at radius 2 is 2.00 bits per heavy atom. The van der Waals surface area contributed by atoms with Crippen LogP contribution in [0.25, 0.3) is 10.9 Å². The van der Waals surface area contributed by atoms with Crippen molar-refractivity contribution in [3.8, 4) is 0 Å². The molecule has 1 aliphatic carbocycles. The summed E-state index contributed by atoms with van der Waals surface area (Å²) in [6, 6.07) is 6.40. The molecule has 0 bridgehead atoms. The quantitative estimate of drug-likeness (QED) is 0.853. The molecule has 1 aromatic heterocycles. The van der Waals surface area contributed by atoms with Gasteiger partial charge in [-0.05, 0) is 69.5 Å². The molecule has 130 valence electrons. The smallest absolute Gasteiger partial charge is 0.251 e. The fourth-order valence-corrected chi connectivity index (χ4v) is 3.87. The van der Waals surface area contributed by atoms with Crippen LogP contribution in [-0.4, -0.2) is 41.5 Å². The number of aryl methyl sites for hydroxylation is 2. The summed E-state index contributed by atoms with van der Waals surface area (Å²) in [7, 11) is 0. The third-order valence-corrected chi connectivity index (χ3v) is 5.35. The summed E-state index contributed by atoms with van der Waals surface area (Å²) in [6.45, 7) is 9.18. The van der Waals surface area contributed by atoms with E-state index in [0.29, 0.717) is 12.6 Å². The normalized spacial score (nSPS) is 15.5. The van der Waals surface area contributed by atoms with Crippen molar-refractivity contribution in [3.63, 3.8) is 0 Å². The van der Waals surface area contributed by atoms with Crippen LogP contribution in [0.4, 0.5) is 0 Å². The van der Waals surface area contributed by atoms with Crippen molar-refractivity contribution in [3.05, 3.63) is 35.0 Å². The third-order valence-electron chi connectivity index (χ3n) is 5.35. The van der Waals surface area contributed by atoms with Gasteiger partial charge in [0, 0.05) is 34.7 Å². The van der Waals surface area contributed by atoms with E-state index in [1.807, 2.05) is 6.07 Å². The Labute approximate surface area is 144 Å². The summed E-state index contributed by atoms with van der Waals surface area (Å²) >= 11 is 0. The minimum absolute atomic E-state index is 0.0293. The lowest BCUT2D eigenvalue weighted by Gasteiger charge is -2.26. The summed E-state index contributed by atoms with van der Waals surface area (Å²) < 4.78 is 0. The Kier molecular flexibility index (Phi) is 5.24. The van der Waals surface area contributed by atoms with E-state index < -0.39 is 0 Å². The molecule has 1 amide bonds. The molecule has 2 N–H and O–H groups in total. The Morgan fingerprint density at radius 3 is 2.75 bits per heavy atom. The van der Waals surface area contributed by atoms with Crippen LogP contribution in [0.1, 0.15) is 55.2 Å². The number of nitrogens with one attached hydrogen (secondary N) is 2. The minimum atomic E-state index is 0.0293. The highest BCUT2D eigenvalue weighted by Gasteiger charge is 2.17. The molecule has 2 aromatic rings. The van der Waals surface area contributed by atoms with Crippen LogP contribution in [0.15, 0.2) is 18.2 Å². The van der Waals surface area contributed by atoms with Crippen molar-refractivity contribution in [2.45, 2.75) is 52.5 Å². The number of nitrogens with zero attached hydrogens (tertiary/aromatic N) is 1. The molecule has 0 fully saturated rings. The molecule has 1 aromatic carbocycles. The first kappa shape index (κ1) is 17.0. The summed E-state index contributed by atoms with van der Waals surface area (Å²) in [5.41, 5.74) is 4.71. The number of amides is 1.